The number of aliphatic hydroxyl groups excluding tert-OH is 1. The molecule has 1 aliphatic rings. The number of ketones is 1. The van der Waals surface area contributed by atoms with Gasteiger partial charge in [-0.15, -0.1) is 0 Å². The highest BCUT2D eigenvalue weighted by atomic mass is 19.1. The van der Waals surface area contributed by atoms with E-state index < -0.39 is 23.5 Å². The van der Waals surface area contributed by atoms with Gasteiger partial charge in [-0.25, -0.2) is 4.39 Å². The number of aryl methyl sites for hydroxylation is 1. The fourth-order valence-corrected chi connectivity index (χ4v) is 3.25. The van der Waals surface area contributed by atoms with E-state index in [9.17, 15) is 19.1 Å². The zero-order valence-electron chi connectivity index (χ0n) is 14.8. The van der Waals surface area contributed by atoms with Crippen molar-refractivity contribution >= 4 is 23.3 Å². The summed E-state index contributed by atoms with van der Waals surface area (Å²) in [5.74, 6) is -1.89. The Balaban J connectivity index is 1.93. The van der Waals surface area contributed by atoms with E-state index in [2.05, 4.69) is 5.16 Å². The first-order valence-electron chi connectivity index (χ1n) is 8.52. The number of rotatable bonds is 3. The van der Waals surface area contributed by atoms with E-state index in [-0.39, 0.29) is 22.7 Å². The number of nitrogens with zero attached hydrogens (tertiary/aromatic N) is 2. The van der Waals surface area contributed by atoms with Gasteiger partial charge >= 0.3 is 5.91 Å². The second kappa shape index (κ2) is 6.77. The zero-order chi connectivity index (χ0) is 19.8. The van der Waals surface area contributed by atoms with Crippen LogP contribution in [0.15, 0.2) is 70.8 Å². The number of amides is 1. The number of Topliss-reactive ketones (excluding diaryl/α,β-unsaturated/α-hetero) is 1. The Labute approximate surface area is 159 Å². The van der Waals surface area contributed by atoms with Gasteiger partial charge in [-0.1, -0.05) is 35.5 Å². The van der Waals surface area contributed by atoms with Crippen molar-refractivity contribution in [3.8, 4) is 0 Å². The Morgan fingerprint density at radius 3 is 2.39 bits per heavy atom. The lowest BCUT2D eigenvalue weighted by Gasteiger charge is -2.22. The van der Waals surface area contributed by atoms with Gasteiger partial charge in [0.15, 0.2) is 5.82 Å². The minimum Gasteiger partial charge on any atom is -0.507 e. The van der Waals surface area contributed by atoms with Crippen LogP contribution in [0.5, 0.6) is 0 Å². The highest BCUT2D eigenvalue weighted by Gasteiger charge is 2.48. The molecule has 4 rings (SSSR count). The van der Waals surface area contributed by atoms with Crippen LogP contribution in [0.4, 0.5) is 10.2 Å². The molecule has 0 radical (unpaired) electrons. The number of hydrogen-bond donors (Lipinski definition) is 1. The maximum absolute atomic E-state index is 13.2. The Morgan fingerprint density at radius 2 is 1.79 bits per heavy atom. The van der Waals surface area contributed by atoms with Gasteiger partial charge in [-0.2, -0.15) is 0 Å². The van der Waals surface area contributed by atoms with Crippen LogP contribution in [0.1, 0.15) is 22.9 Å². The summed E-state index contributed by atoms with van der Waals surface area (Å²) < 4.78 is 18.3. The summed E-state index contributed by atoms with van der Waals surface area (Å²) in [6, 6.07) is 14.5. The summed E-state index contributed by atoms with van der Waals surface area (Å²) in [7, 11) is 0. The number of carbonyl (C=O) groups is 2. The van der Waals surface area contributed by atoms with E-state index in [4.69, 9.17) is 4.52 Å². The fourth-order valence-electron chi connectivity index (χ4n) is 3.25. The standard InChI is InChI=1S/C21H15FN2O4/c1-12-11-16(23-28-12)24-18(13-5-3-2-4-6-13)17(20(26)21(24)27)19(25)14-7-9-15(22)10-8-14/h2-11,18,25H,1H3/t18-/m1/s1. The van der Waals surface area contributed by atoms with Crippen molar-refractivity contribution in [3.63, 3.8) is 0 Å². The van der Waals surface area contributed by atoms with Gasteiger partial charge in [0.1, 0.15) is 17.3 Å². The molecule has 0 spiro atoms. The van der Waals surface area contributed by atoms with Crippen molar-refractivity contribution in [2.45, 2.75) is 13.0 Å². The van der Waals surface area contributed by atoms with Crippen molar-refractivity contribution in [1.29, 1.82) is 0 Å². The summed E-state index contributed by atoms with van der Waals surface area (Å²) >= 11 is 0. The Kier molecular flexibility index (Phi) is 4.27. The Bertz CT molecular complexity index is 1090. The monoisotopic (exact) mass is 378 g/mol. The maximum Gasteiger partial charge on any atom is 0.301 e. The van der Waals surface area contributed by atoms with Crippen LogP contribution in [-0.2, 0) is 9.59 Å². The van der Waals surface area contributed by atoms with Crippen molar-refractivity contribution in [2.24, 2.45) is 0 Å². The molecule has 0 saturated carbocycles. The summed E-state index contributed by atoms with van der Waals surface area (Å²) in [6.07, 6.45) is 0. The molecule has 1 fully saturated rings. The molecule has 0 aliphatic carbocycles. The molecule has 1 N–H and O–H groups in total. The molecule has 0 bridgehead atoms. The number of aromatic nitrogens is 1. The molecular formula is C21H15FN2O4. The van der Waals surface area contributed by atoms with E-state index in [0.29, 0.717) is 11.3 Å². The number of halogens is 1. The average Bonchev–Trinajstić information content (AvgIpc) is 3.24. The van der Waals surface area contributed by atoms with Crippen LogP contribution in [-0.4, -0.2) is 22.0 Å². The Morgan fingerprint density at radius 1 is 1.11 bits per heavy atom. The molecule has 1 amide bonds. The molecular weight excluding hydrogens is 363 g/mol. The van der Waals surface area contributed by atoms with E-state index in [1.165, 1.54) is 29.2 Å². The maximum atomic E-state index is 13.2. The minimum absolute atomic E-state index is 0.0940. The second-order valence-corrected chi connectivity index (χ2v) is 6.38. The molecule has 1 saturated heterocycles. The first kappa shape index (κ1) is 17.7. The molecule has 1 aliphatic heterocycles. The first-order chi connectivity index (χ1) is 13.5. The number of carbonyl (C=O) groups excluding carboxylic acids is 2. The lowest BCUT2D eigenvalue weighted by molar-refractivity contribution is -0.132. The van der Waals surface area contributed by atoms with Crippen LogP contribution < -0.4 is 4.90 Å². The van der Waals surface area contributed by atoms with Crippen molar-refractivity contribution in [2.75, 3.05) is 4.90 Å². The van der Waals surface area contributed by atoms with Crippen LogP contribution in [0.2, 0.25) is 0 Å². The van der Waals surface area contributed by atoms with Gasteiger partial charge in [0, 0.05) is 11.6 Å². The largest absolute Gasteiger partial charge is 0.507 e. The predicted octanol–water partition coefficient (Wildman–Crippen LogP) is 3.75. The van der Waals surface area contributed by atoms with Gasteiger partial charge in [0.2, 0.25) is 0 Å². The quantitative estimate of drug-likeness (QED) is 0.426. The molecule has 2 aromatic carbocycles. The number of benzene rings is 2. The highest BCUT2D eigenvalue weighted by molar-refractivity contribution is 6.51. The third kappa shape index (κ3) is 2.87. The summed E-state index contributed by atoms with van der Waals surface area (Å²) in [5, 5.41) is 14.7. The third-order valence-corrected chi connectivity index (χ3v) is 4.54. The van der Waals surface area contributed by atoms with Crippen LogP contribution in [0, 0.1) is 12.7 Å². The van der Waals surface area contributed by atoms with E-state index in [1.54, 1.807) is 43.3 Å². The minimum atomic E-state index is -0.893. The summed E-state index contributed by atoms with van der Waals surface area (Å²) in [4.78, 5) is 26.8. The molecule has 6 nitrogen and oxygen atoms in total. The van der Waals surface area contributed by atoms with Crippen LogP contribution in [0.3, 0.4) is 0 Å². The average molecular weight is 378 g/mol. The summed E-state index contributed by atoms with van der Waals surface area (Å²) in [6.45, 7) is 1.67. The van der Waals surface area contributed by atoms with E-state index >= 15 is 0 Å². The molecule has 2 heterocycles. The smallest absolute Gasteiger partial charge is 0.301 e. The lowest BCUT2D eigenvalue weighted by Crippen LogP contribution is -2.29. The normalized spacial score (nSPS) is 18.6. The van der Waals surface area contributed by atoms with Gasteiger partial charge in [-0.3, -0.25) is 14.5 Å². The highest BCUT2D eigenvalue weighted by Crippen LogP contribution is 2.41. The van der Waals surface area contributed by atoms with E-state index in [1.807, 2.05) is 0 Å². The van der Waals surface area contributed by atoms with Crippen LogP contribution >= 0.6 is 0 Å². The van der Waals surface area contributed by atoms with Crippen LogP contribution in [0.25, 0.3) is 5.76 Å². The second-order valence-electron chi connectivity index (χ2n) is 6.38. The Hall–Kier alpha value is -3.74. The molecule has 28 heavy (non-hydrogen) atoms. The molecule has 1 atom stereocenters. The van der Waals surface area contributed by atoms with Crippen molar-refractivity contribution in [3.05, 3.63) is 88.9 Å². The van der Waals surface area contributed by atoms with Crippen molar-refractivity contribution in [1.82, 2.24) is 5.16 Å². The number of aliphatic hydroxyl groups is 1. The molecule has 1 aromatic heterocycles. The van der Waals surface area contributed by atoms with Gasteiger partial charge in [0.25, 0.3) is 5.78 Å². The number of hydrogen-bond acceptors (Lipinski definition) is 5. The van der Waals surface area contributed by atoms with Gasteiger partial charge in [-0.05, 0) is 36.8 Å². The molecule has 140 valence electrons. The topological polar surface area (TPSA) is 83.6 Å². The van der Waals surface area contributed by atoms with Gasteiger partial charge in [0.05, 0.1) is 11.6 Å². The lowest BCUT2D eigenvalue weighted by atomic mass is 9.95. The number of anilines is 1. The SMILES string of the molecule is Cc1cc(N2C(=O)C(=O)C(=C(O)c3ccc(F)cc3)[C@H]2c2ccccc2)no1. The van der Waals surface area contributed by atoms with Crippen molar-refractivity contribution < 1.29 is 23.6 Å². The summed E-state index contributed by atoms with van der Waals surface area (Å²) in [5.41, 5.74) is 0.756. The predicted molar refractivity (Wildman–Crippen MR) is 98.9 cm³/mol. The fraction of sp³-hybridized carbons (Fsp3) is 0.0952. The first-order valence-corrected chi connectivity index (χ1v) is 8.52. The molecule has 0 unspecified atom stereocenters. The van der Waals surface area contributed by atoms with E-state index in [0.717, 1.165) is 0 Å². The zero-order valence-corrected chi connectivity index (χ0v) is 14.8. The molecule has 3 aromatic rings. The van der Waals surface area contributed by atoms with Gasteiger partial charge < -0.3 is 9.63 Å². The molecule has 7 heteroatoms. The third-order valence-electron chi connectivity index (χ3n) is 4.54.